The summed E-state index contributed by atoms with van der Waals surface area (Å²) in [7, 11) is 0. The lowest BCUT2D eigenvalue weighted by molar-refractivity contribution is -0.0589. The predicted molar refractivity (Wildman–Crippen MR) is 161 cm³/mol. The number of fused-ring (bicyclic) bond motifs is 1. The van der Waals surface area contributed by atoms with Gasteiger partial charge in [-0.3, -0.25) is 0 Å². The van der Waals surface area contributed by atoms with E-state index in [0.29, 0.717) is 28.7 Å². The Labute approximate surface area is 263 Å². The monoisotopic (exact) mass is 683 g/mol. The molecule has 1 aliphatic heterocycles. The molecular weight excluding hydrogens is 658 g/mol. The molecule has 0 bridgehead atoms. The summed E-state index contributed by atoms with van der Waals surface area (Å²) >= 11 is 3.21. The van der Waals surface area contributed by atoms with Crippen molar-refractivity contribution in [2.24, 2.45) is 0 Å². The number of hydrogen-bond donors (Lipinski definition) is 0. The molecule has 45 heavy (non-hydrogen) atoms. The topological polar surface area (TPSA) is 75.5 Å². The molecule has 7 nitrogen and oxygen atoms in total. The zero-order valence-corrected chi connectivity index (χ0v) is 25.5. The Kier molecular flexibility index (Phi) is 8.86. The van der Waals surface area contributed by atoms with E-state index in [1.807, 2.05) is 0 Å². The van der Waals surface area contributed by atoms with Gasteiger partial charge in [0.1, 0.15) is 35.4 Å². The second kappa shape index (κ2) is 13.0. The second-order valence-electron chi connectivity index (χ2n) is 10.5. The SMILES string of the molecule is CCOC(=O)c1cc(F)c2nc(Cc3cc(F)c(-c4cccc(OCc5ccc(Br)cc5F)n4)cc3F)n(CC3CCO3)c2c1. The highest BCUT2D eigenvalue weighted by molar-refractivity contribution is 9.10. The Hall–Kier alpha value is -4.29. The molecule has 1 fully saturated rings. The van der Waals surface area contributed by atoms with E-state index in [9.17, 15) is 9.18 Å². The highest BCUT2D eigenvalue weighted by atomic mass is 79.9. The summed E-state index contributed by atoms with van der Waals surface area (Å²) in [6.07, 6.45) is 0.443. The lowest BCUT2D eigenvalue weighted by atomic mass is 10.0. The van der Waals surface area contributed by atoms with Crippen LogP contribution in [-0.2, 0) is 29.0 Å². The molecule has 5 aromatic rings. The fraction of sp³-hybridized carbons (Fsp3) is 0.242. The third kappa shape index (κ3) is 6.57. The highest BCUT2D eigenvalue weighted by Crippen LogP contribution is 2.30. The van der Waals surface area contributed by atoms with Crippen molar-refractivity contribution < 1.29 is 36.6 Å². The maximum atomic E-state index is 15.5. The molecule has 1 unspecified atom stereocenters. The fourth-order valence-corrected chi connectivity index (χ4v) is 5.39. The first-order chi connectivity index (χ1) is 21.7. The van der Waals surface area contributed by atoms with Crippen LogP contribution in [0.15, 0.2) is 65.1 Å². The summed E-state index contributed by atoms with van der Waals surface area (Å²) in [5.41, 5.74) is 0.661. The van der Waals surface area contributed by atoms with E-state index >= 15 is 13.2 Å². The summed E-state index contributed by atoms with van der Waals surface area (Å²) in [5, 5.41) is 0. The molecular formula is C33H26BrF4N3O4. The minimum Gasteiger partial charge on any atom is -0.473 e. The molecule has 0 aliphatic carbocycles. The van der Waals surface area contributed by atoms with Crippen LogP contribution >= 0.6 is 15.9 Å². The Morgan fingerprint density at radius 2 is 1.78 bits per heavy atom. The number of nitrogens with zero attached hydrogens (tertiary/aromatic N) is 3. The zero-order valence-electron chi connectivity index (χ0n) is 24.0. The van der Waals surface area contributed by atoms with Crippen molar-refractivity contribution in [3.8, 4) is 17.1 Å². The van der Waals surface area contributed by atoms with E-state index in [2.05, 4.69) is 25.9 Å². The van der Waals surface area contributed by atoms with Crippen LogP contribution in [0, 0.1) is 23.3 Å². The summed E-state index contributed by atoms with van der Waals surface area (Å²) in [6, 6.07) is 13.8. The minimum atomic E-state index is -0.740. The van der Waals surface area contributed by atoms with Gasteiger partial charge in [-0.1, -0.05) is 28.1 Å². The molecule has 0 amide bonds. The van der Waals surface area contributed by atoms with Gasteiger partial charge in [-0.25, -0.2) is 32.3 Å². The van der Waals surface area contributed by atoms with Crippen molar-refractivity contribution in [3.63, 3.8) is 0 Å². The van der Waals surface area contributed by atoms with Crippen LogP contribution in [0.5, 0.6) is 5.88 Å². The van der Waals surface area contributed by atoms with Gasteiger partial charge in [-0.2, -0.15) is 0 Å². The Bertz CT molecular complexity index is 1910. The van der Waals surface area contributed by atoms with E-state index in [1.165, 1.54) is 24.3 Å². The van der Waals surface area contributed by atoms with Crippen molar-refractivity contribution in [1.29, 1.82) is 0 Å². The summed E-state index contributed by atoms with van der Waals surface area (Å²) in [4.78, 5) is 21.1. The molecule has 1 saturated heterocycles. The lowest BCUT2D eigenvalue weighted by Crippen LogP contribution is -2.31. The van der Waals surface area contributed by atoms with Gasteiger partial charge in [0.25, 0.3) is 0 Å². The number of ether oxygens (including phenoxy) is 3. The maximum absolute atomic E-state index is 15.5. The number of aromatic nitrogens is 3. The molecule has 0 radical (unpaired) electrons. The van der Waals surface area contributed by atoms with E-state index in [4.69, 9.17) is 14.2 Å². The van der Waals surface area contributed by atoms with Gasteiger partial charge in [0.05, 0.1) is 36.0 Å². The normalized spacial score (nSPS) is 14.4. The number of hydrogen-bond acceptors (Lipinski definition) is 6. The quantitative estimate of drug-likeness (QED) is 0.112. The number of carbonyl (C=O) groups excluding carboxylic acids is 1. The van der Waals surface area contributed by atoms with Gasteiger partial charge in [-0.15, -0.1) is 0 Å². The van der Waals surface area contributed by atoms with Crippen molar-refractivity contribution >= 4 is 32.9 Å². The molecule has 232 valence electrons. The van der Waals surface area contributed by atoms with Gasteiger partial charge in [0, 0.05) is 34.7 Å². The maximum Gasteiger partial charge on any atom is 0.338 e. The Morgan fingerprint density at radius 3 is 2.51 bits per heavy atom. The highest BCUT2D eigenvalue weighted by Gasteiger charge is 2.25. The van der Waals surface area contributed by atoms with E-state index in [0.717, 1.165) is 24.6 Å². The van der Waals surface area contributed by atoms with Crippen molar-refractivity contribution in [2.45, 2.75) is 39.0 Å². The first-order valence-corrected chi connectivity index (χ1v) is 15.0. The molecule has 1 atom stereocenters. The number of halogens is 5. The first-order valence-electron chi connectivity index (χ1n) is 14.2. The van der Waals surface area contributed by atoms with Gasteiger partial charge >= 0.3 is 5.97 Å². The predicted octanol–water partition coefficient (Wildman–Crippen LogP) is 7.55. The molecule has 12 heteroatoms. The average Bonchev–Trinajstić information content (AvgIpc) is 3.33. The molecule has 0 spiro atoms. The second-order valence-corrected chi connectivity index (χ2v) is 11.4. The van der Waals surface area contributed by atoms with Crippen molar-refractivity contribution in [3.05, 3.63) is 111 Å². The van der Waals surface area contributed by atoms with Crippen LogP contribution in [-0.4, -0.2) is 39.8 Å². The number of carbonyl (C=O) groups is 1. The van der Waals surface area contributed by atoms with Gasteiger partial charge in [0.2, 0.25) is 5.88 Å². The molecule has 1 aliphatic rings. The Balaban J connectivity index is 1.29. The lowest BCUT2D eigenvalue weighted by Gasteiger charge is -2.27. The van der Waals surface area contributed by atoms with Crippen LogP contribution in [0.4, 0.5) is 17.6 Å². The van der Waals surface area contributed by atoms with E-state index < -0.39 is 29.2 Å². The fourth-order valence-electron chi connectivity index (χ4n) is 5.06. The third-order valence-corrected chi connectivity index (χ3v) is 7.95. The molecule has 6 rings (SSSR count). The molecule has 2 aromatic heterocycles. The van der Waals surface area contributed by atoms with Crippen LogP contribution in [0.25, 0.3) is 22.3 Å². The van der Waals surface area contributed by atoms with Crippen LogP contribution in [0.2, 0.25) is 0 Å². The number of esters is 1. The van der Waals surface area contributed by atoms with Crippen molar-refractivity contribution in [1.82, 2.24) is 14.5 Å². The van der Waals surface area contributed by atoms with Gasteiger partial charge in [0.15, 0.2) is 5.82 Å². The number of benzene rings is 3. The average molecular weight is 684 g/mol. The van der Waals surface area contributed by atoms with Crippen LogP contribution < -0.4 is 4.74 Å². The molecule has 3 heterocycles. The Morgan fingerprint density at radius 1 is 0.978 bits per heavy atom. The smallest absolute Gasteiger partial charge is 0.338 e. The molecule has 0 saturated carbocycles. The van der Waals surface area contributed by atoms with Gasteiger partial charge in [-0.05, 0) is 61.4 Å². The molecule has 3 aromatic carbocycles. The number of pyridine rings is 1. The first kappa shape index (κ1) is 30.7. The van der Waals surface area contributed by atoms with Crippen LogP contribution in [0.1, 0.15) is 40.7 Å². The summed E-state index contributed by atoms with van der Waals surface area (Å²) in [5.74, 6) is -2.95. The van der Waals surface area contributed by atoms with Crippen molar-refractivity contribution in [2.75, 3.05) is 13.2 Å². The number of rotatable bonds is 10. The number of imidazole rings is 1. The van der Waals surface area contributed by atoms with Gasteiger partial charge < -0.3 is 18.8 Å². The molecule has 0 N–H and O–H groups in total. The summed E-state index contributed by atoms with van der Waals surface area (Å²) < 4.78 is 78.8. The van der Waals surface area contributed by atoms with E-state index in [-0.39, 0.29) is 65.3 Å². The van der Waals surface area contributed by atoms with E-state index in [1.54, 1.807) is 29.7 Å². The largest absolute Gasteiger partial charge is 0.473 e. The summed E-state index contributed by atoms with van der Waals surface area (Å²) in [6.45, 7) is 2.53. The zero-order chi connectivity index (χ0) is 31.7. The standard InChI is InChI=1S/C33H26BrF4N3O4/c1-2-43-33(42)20-11-27(38)32-29(12-20)41(16-22-8-9-44-22)30(40-32)13-19-10-26(37)23(15-25(19)36)28-4-3-5-31(39-28)45-17-18-6-7-21(34)14-24(18)35/h3-7,10-12,14-15,22H,2,8-9,13,16-17H2,1H3. The van der Waals surface area contributed by atoms with Crippen LogP contribution in [0.3, 0.4) is 0 Å². The minimum absolute atomic E-state index is 0.00101. The third-order valence-electron chi connectivity index (χ3n) is 7.45.